The number of hydrogen-bond donors (Lipinski definition) is 1. The summed E-state index contributed by atoms with van der Waals surface area (Å²) in [4.78, 5) is 30.3. The first-order valence-electron chi connectivity index (χ1n) is 9.78. The highest BCUT2D eigenvalue weighted by Gasteiger charge is 2.30. The fourth-order valence-corrected chi connectivity index (χ4v) is 4.10. The van der Waals surface area contributed by atoms with Gasteiger partial charge in [-0.05, 0) is 63.1 Å². The predicted molar refractivity (Wildman–Crippen MR) is 116 cm³/mol. The van der Waals surface area contributed by atoms with Gasteiger partial charge in [0.05, 0.1) is 22.8 Å². The highest BCUT2D eigenvalue weighted by atomic mass is 32.2. The Labute approximate surface area is 173 Å². The number of ether oxygens (including phenoxy) is 1. The molecule has 6 nitrogen and oxygen atoms in total. The Hall–Kier alpha value is -2.80. The van der Waals surface area contributed by atoms with Gasteiger partial charge in [0.1, 0.15) is 5.75 Å². The van der Waals surface area contributed by atoms with Gasteiger partial charge in [0.2, 0.25) is 5.91 Å². The summed E-state index contributed by atoms with van der Waals surface area (Å²) in [6, 6.07) is 14.8. The second-order valence-electron chi connectivity index (χ2n) is 7.02. The quantitative estimate of drug-likeness (QED) is 0.466. The van der Waals surface area contributed by atoms with E-state index in [4.69, 9.17) is 4.74 Å². The Morgan fingerprint density at radius 3 is 2.66 bits per heavy atom. The fraction of sp³-hybridized carbons (Fsp3) is 0.318. The topological polar surface area (TPSA) is 73.2 Å². The van der Waals surface area contributed by atoms with Gasteiger partial charge in [-0.2, -0.15) is 0 Å². The Morgan fingerprint density at radius 2 is 1.97 bits per heavy atom. The van der Waals surface area contributed by atoms with Crippen LogP contribution in [0, 0.1) is 0 Å². The van der Waals surface area contributed by atoms with Gasteiger partial charge < -0.3 is 10.1 Å². The number of benzene rings is 2. The summed E-state index contributed by atoms with van der Waals surface area (Å²) in [5.74, 6) is 0.630. The number of thioether (sulfide) groups is 1. The molecule has 1 saturated carbocycles. The summed E-state index contributed by atoms with van der Waals surface area (Å²) >= 11 is 1.32. The number of carbonyl (C=O) groups is 1. The first-order valence-corrected chi connectivity index (χ1v) is 10.7. The number of aromatic nitrogens is 2. The second-order valence-corrected chi connectivity index (χ2v) is 8.33. The Morgan fingerprint density at radius 1 is 1.24 bits per heavy atom. The van der Waals surface area contributed by atoms with Crippen LogP contribution in [0.2, 0.25) is 0 Å². The van der Waals surface area contributed by atoms with Crippen molar-refractivity contribution in [1.82, 2.24) is 9.55 Å². The summed E-state index contributed by atoms with van der Waals surface area (Å²) in [6.45, 7) is 4.35. The maximum Gasteiger partial charge on any atom is 0.262 e. The molecule has 4 rings (SSSR count). The number of hydrogen-bond acceptors (Lipinski definition) is 5. The van der Waals surface area contributed by atoms with Crippen molar-refractivity contribution < 1.29 is 9.53 Å². The van der Waals surface area contributed by atoms with Crippen LogP contribution < -0.4 is 15.6 Å². The smallest absolute Gasteiger partial charge is 0.262 e. The molecule has 1 heterocycles. The molecule has 1 aromatic heterocycles. The predicted octanol–water partition coefficient (Wildman–Crippen LogP) is 4.25. The molecule has 1 N–H and O–H groups in total. The largest absolute Gasteiger partial charge is 0.494 e. The van der Waals surface area contributed by atoms with Crippen LogP contribution in [0.3, 0.4) is 0 Å². The lowest BCUT2D eigenvalue weighted by Crippen LogP contribution is -2.26. The standard InChI is InChI=1S/C22H23N3O3S/c1-3-28-17-12-8-15(9-13-17)23-20(26)14(2)29-22-24-19-7-5-4-6-18(19)21(27)25(22)16-10-11-16/h4-9,12-14,16H,3,10-11H2,1-2H3,(H,23,26). The molecule has 2 aromatic carbocycles. The van der Waals surface area contributed by atoms with Crippen molar-refractivity contribution in [1.29, 1.82) is 0 Å². The van der Waals surface area contributed by atoms with Crippen molar-refractivity contribution in [3.05, 3.63) is 58.9 Å². The summed E-state index contributed by atoms with van der Waals surface area (Å²) in [5.41, 5.74) is 1.34. The normalized spacial score (nSPS) is 14.6. The van der Waals surface area contributed by atoms with E-state index in [1.54, 1.807) is 10.6 Å². The van der Waals surface area contributed by atoms with E-state index in [9.17, 15) is 9.59 Å². The second kappa shape index (κ2) is 8.29. The molecule has 0 radical (unpaired) electrons. The van der Waals surface area contributed by atoms with Gasteiger partial charge in [-0.25, -0.2) is 4.98 Å². The zero-order valence-corrected chi connectivity index (χ0v) is 17.2. The van der Waals surface area contributed by atoms with Crippen LogP contribution in [0.15, 0.2) is 58.5 Å². The van der Waals surface area contributed by atoms with Gasteiger partial charge in [0.15, 0.2) is 5.16 Å². The van der Waals surface area contributed by atoms with E-state index < -0.39 is 5.25 Å². The third kappa shape index (κ3) is 4.29. The average Bonchev–Trinajstić information content (AvgIpc) is 3.55. The average molecular weight is 410 g/mol. The van der Waals surface area contributed by atoms with Gasteiger partial charge in [-0.1, -0.05) is 23.9 Å². The molecular weight excluding hydrogens is 386 g/mol. The van der Waals surface area contributed by atoms with Crippen molar-refractivity contribution in [2.24, 2.45) is 0 Å². The molecule has 1 amide bonds. The molecule has 1 atom stereocenters. The van der Waals surface area contributed by atoms with Gasteiger partial charge in [-0.3, -0.25) is 14.2 Å². The lowest BCUT2D eigenvalue weighted by atomic mass is 10.2. The first-order chi connectivity index (χ1) is 14.1. The van der Waals surface area contributed by atoms with Crippen LogP contribution in [0.4, 0.5) is 5.69 Å². The molecular formula is C22H23N3O3S. The van der Waals surface area contributed by atoms with E-state index in [0.717, 1.165) is 18.6 Å². The lowest BCUT2D eigenvalue weighted by Gasteiger charge is -2.16. The van der Waals surface area contributed by atoms with E-state index in [1.165, 1.54) is 11.8 Å². The highest BCUT2D eigenvalue weighted by molar-refractivity contribution is 8.00. The number of nitrogens with one attached hydrogen (secondary N) is 1. The number of nitrogens with zero attached hydrogens (tertiary/aromatic N) is 2. The third-order valence-electron chi connectivity index (χ3n) is 4.77. The van der Waals surface area contributed by atoms with Crippen LogP contribution in [0.5, 0.6) is 5.75 Å². The van der Waals surface area contributed by atoms with E-state index in [2.05, 4.69) is 10.3 Å². The Kier molecular flexibility index (Phi) is 5.58. The van der Waals surface area contributed by atoms with Gasteiger partial charge in [0, 0.05) is 11.7 Å². The summed E-state index contributed by atoms with van der Waals surface area (Å²) in [7, 11) is 0. The number of para-hydroxylation sites is 1. The number of anilines is 1. The van der Waals surface area contributed by atoms with Crippen molar-refractivity contribution in [3.8, 4) is 5.75 Å². The minimum atomic E-state index is -0.403. The van der Waals surface area contributed by atoms with E-state index >= 15 is 0 Å². The molecule has 7 heteroatoms. The minimum Gasteiger partial charge on any atom is -0.494 e. The van der Waals surface area contributed by atoms with Gasteiger partial charge in [-0.15, -0.1) is 0 Å². The summed E-state index contributed by atoms with van der Waals surface area (Å²) in [5, 5.41) is 3.74. The molecule has 3 aromatic rings. The molecule has 150 valence electrons. The molecule has 1 aliphatic carbocycles. The minimum absolute atomic E-state index is 0.0280. The van der Waals surface area contributed by atoms with Crippen LogP contribution in [-0.4, -0.2) is 27.3 Å². The lowest BCUT2D eigenvalue weighted by molar-refractivity contribution is -0.115. The van der Waals surface area contributed by atoms with Crippen LogP contribution in [0.1, 0.15) is 32.7 Å². The molecule has 1 aliphatic rings. The summed E-state index contributed by atoms with van der Waals surface area (Å²) < 4.78 is 7.18. The first kappa shape index (κ1) is 19.5. The maximum absolute atomic E-state index is 13.0. The molecule has 0 bridgehead atoms. The number of amides is 1. The van der Waals surface area contributed by atoms with Crippen molar-refractivity contribution in [2.45, 2.75) is 43.1 Å². The van der Waals surface area contributed by atoms with Crippen LogP contribution >= 0.6 is 11.8 Å². The van der Waals surface area contributed by atoms with E-state index in [1.807, 2.05) is 56.3 Å². The van der Waals surface area contributed by atoms with Crippen molar-refractivity contribution in [3.63, 3.8) is 0 Å². The number of rotatable bonds is 7. The van der Waals surface area contributed by atoms with Crippen LogP contribution in [0.25, 0.3) is 10.9 Å². The van der Waals surface area contributed by atoms with Gasteiger partial charge in [0.25, 0.3) is 5.56 Å². The Bertz CT molecular complexity index is 1090. The van der Waals surface area contributed by atoms with Crippen molar-refractivity contribution in [2.75, 3.05) is 11.9 Å². The zero-order valence-electron chi connectivity index (χ0n) is 16.4. The third-order valence-corrected chi connectivity index (χ3v) is 5.84. The monoisotopic (exact) mass is 409 g/mol. The molecule has 29 heavy (non-hydrogen) atoms. The Balaban J connectivity index is 1.53. The van der Waals surface area contributed by atoms with E-state index in [0.29, 0.717) is 28.4 Å². The van der Waals surface area contributed by atoms with Gasteiger partial charge >= 0.3 is 0 Å². The summed E-state index contributed by atoms with van der Waals surface area (Å²) in [6.07, 6.45) is 1.94. The van der Waals surface area contributed by atoms with E-state index in [-0.39, 0.29) is 17.5 Å². The fourth-order valence-electron chi connectivity index (χ4n) is 3.12. The highest BCUT2D eigenvalue weighted by Crippen LogP contribution is 2.37. The number of carbonyl (C=O) groups excluding carboxylic acids is 1. The number of fused-ring (bicyclic) bond motifs is 1. The molecule has 1 fully saturated rings. The SMILES string of the molecule is CCOc1ccc(NC(=O)C(C)Sc2nc3ccccc3c(=O)n2C2CC2)cc1. The van der Waals surface area contributed by atoms with Crippen LogP contribution in [-0.2, 0) is 4.79 Å². The zero-order chi connectivity index (χ0) is 20.4. The maximum atomic E-state index is 13.0. The molecule has 1 unspecified atom stereocenters. The van der Waals surface area contributed by atoms with Crippen molar-refractivity contribution >= 4 is 34.3 Å². The molecule has 0 spiro atoms. The molecule has 0 aliphatic heterocycles. The molecule has 0 saturated heterocycles.